The van der Waals surface area contributed by atoms with E-state index >= 15 is 0 Å². The number of rotatable bonds is 4. The molecule has 5 heteroatoms. The van der Waals surface area contributed by atoms with E-state index < -0.39 is 0 Å². The van der Waals surface area contributed by atoms with Crippen molar-refractivity contribution in [3.63, 3.8) is 0 Å². The van der Waals surface area contributed by atoms with Gasteiger partial charge in [-0.05, 0) is 42.0 Å². The van der Waals surface area contributed by atoms with Gasteiger partial charge < -0.3 is 14.2 Å². The second kappa shape index (κ2) is 8.01. The summed E-state index contributed by atoms with van der Waals surface area (Å²) >= 11 is 0. The Morgan fingerprint density at radius 1 is 1.03 bits per heavy atom. The second-order valence-electron chi connectivity index (χ2n) is 7.84. The molecule has 29 heavy (non-hydrogen) atoms. The van der Waals surface area contributed by atoms with E-state index in [9.17, 15) is 4.79 Å². The molecule has 2 unspecified atom stereocenters. The topological polar surface area (TPSA) is 48.0 Å². The minimum absolute atomic E-state index is 0.106. The first-order valence-corrected chi connectivity index (χ1v) is 10.3. The molecule has 5 rings (SSSR count). The third kappa shape index (κ3) is 3.80. The molecular weight excluding hydrogens is 366 g/mol. The lowest BCUT2D eigenvalue weighted by Crippen LogP contribution is -2.43. The molecule has 0 radical (unpaired) electrons. The van der Waals surface area contributed by atoms with Crippen LogP contribution in [0.5, 0.6) is 0 Å². The molecule has 150 valence electrons. The van der Waals surface area contributed by atoms with Crippen molar-refractivity contribution < 1.29 is 19.0 Å². The standard InChI is InChI=1S/C24H25NO4/c26-24(29-16-17-5-2-1-3-6-17)25-21-9-10-22(25)15-20(14-21)18-7-4-8-19(13-18)23-27-11-12-28-23/h1-8,13-14,21-23H,9-12,15-16H2. The monoisotopic (exact) mass is 391 g/mol. The van der Waals surface area contributed by atoms with Gasteiger partial charge in [-0.25, -0.2) is 4.79 Å². The summed E-state index contributed by atoms with van der Waals surface area (Å²) in [4.78, 5) is 14.7. The first-order chi connectivity index (χ1) is 14.3. The summed E-state index contributed by atoms with van der Waals surface area (Å²) in [6, 6.07) is 18.5. The molecule has 2 atom stereocenters. The van der Waals surface area contributed by atoms with Crippen molar-refractivity contribution in [2.75, 3.05) is 13.2 Å². The van der Waals surface area contributed by atoms with Crippen molar-refractivity contribution in [1.29, 1.82) is 0 Å². The molecule has 3 aliphatic heterocycles. The molecule has 0 spiro atoms. The lowest BCUT2D eigenvalue weighted by atomic mass is 9.94. The van der Waals surface area contributed by atoms with Crippen molar-refractivity contribution in [2.45, 2.75) is 44.2 Å². The summed E-state index contributed by atoms with van der Waals surface area (Å²) in [7, 11) is 0. The highest BCUT2D eigenvalue weighted by molar-refractivity contribution is 5.75. The van der Waals surface area contributed by atoms with Crippen LogP contribution in [0.3, 0.4) is 0 Å². The van der Waals surface area contributed by atoms with Crippen molar-refractivity contribution in [3.05, 3.63) is 77.4 Å². The lowest BCUT2D eigenvalue weighted by molar-refractivity contribution is -0.0441. The van der Waals surface area contributed by atoms with E-state index in [1.54, 1.807) is 0 Å². The van der Waals surface area contributed by atoms with Gasteiger partial charge in [0.1, 0.15) is 6.61 Å². The smallest absolute Gasteiger partial charge is 0.410 e. The van der Waals surface area contributed by atoms with Crippen LogP contribution in [0.1, 0.15) is 42.2 Å². The van der Waals surface area contributed by atoms with Gasteiger partial charge in [0.05, 0.1) is 19.3 Å². The minimum Gasteiger partial charge on any atom is -0.445 e. The maximum Gasteiger partial charge on any atom is 0.410 e. The average Bonchev–Trinajstić information content (AvgIpc) is 3.39. The van der Waals surface area contributed by atoms with Crippen LogP contribution >= 0.6 is 0 Å². The summed E-state index contributed by atoms with van der Waals surface area (Å²) in [5.41, 5.74) is 4.55. The highest BCUT2D eigenvalue weighted by Gasteiger charge is 2.40. The quantitative estimate of drug-likeness (QED) is 0.759. The number of nitrogens with zero attached hydrogens (tertiary/aromatic N) is 1. The van der Waals surface area contributed by atoms with Gasteiger partial charge in [0, 0.05) is 11.6 Å². The fourth-order valence-corrected chi connectivity index (χ4v) is 4.56. The van der Waals surface area contributed by atoms with E-state index in [2.05, 4.69) is 24.3 Å². The van der Waals surface area contributed by atoms with Crippen molar-refractivity contribution in [2.24, 2.45) is 0 Å². The summed E-state index contributed by atoms with van der Waals surface area (Å²) in [5.74, 6) is 0. The number of amides is 1. The second-order valence-corrected chi connectivity index (χ2v) is 7.84. The van der Waals surface area contributed by atoms with Crippen LogP contribution < -0.4 is 0 Å². The van der Waals surface area contributed by atoms with E-state index in [0.717, 1.165) is 30.4 Å². The van der Waals surface area contributed by atoms with E-state index in [1.165, 1.54) is 11.1 Å². The minimum atomic E-state index is -0.264. The zero-order valence-electron chi connectivity index (χ0n) is 16.3. The highest BCUT2D eigenvalue weighted by Crippen LogP contribution is 2.39. The number of hydrogen-bond acceptors (Lipinski definition) is 4. The fraction of sp³-hybridized carbons (Fsp3) is 0.375. The predicted octanol–water partition coefficient (Wildman–Crippen LogP) is 4.69. The van der Waals surface area contributed by atoms with Gasteiger partial charge in [0.15, 0.2) is 6.29 Å². The molecule has 2 aromatic carbocycles. The number of carbonyl (C=O) groups excluding carboxylic acids is 1. The number of benzene rings is 2. The zero-order chi connectivity index (χ0) is 19.6. The van der Waals surface area contributed by atoms with Crippen molar-refractivity contribution >= 4 is 11.7 Å². The van der Waals surface area contributed by atoms with E-state index in [-0.39, 0.29) is 24.5 Å². The van der Waals surface area contributed by atoms with Crippen LogP contribution in [-0.4, -0.2) is 36.3 Å². The lowest BCUT2D eigenvalue weighted by Gasteiger charge is -2.33. The van der Waals surface area contributed by atoms with Crippen LogP contribution in [0, 0.1) is 0 Å². The molecule has 2 saturated heterocycles. The number of carbonyl (C=O) groups is 1. The molecule has 5 nitrogen and oxygen atoms in total. The Labute approximate surface area is 170 Å². The fourth-order valence-electron chi connectivity index (χ4n) is 4.56. The summed E-state index contributed by atoms with van der Waals surface area (Å²) in [6.07, 6.45) is 4.62. The molecular formula is C24H25NO4. The highest BCUT2D eigenvalue weighted by atomic mass is 16.7. The normalized spacial score (nSPS) is 23.9. The van der Waals surface area contributed by atoms with Crippen molar-refractivity contribution in [3.8, 4) is 0 Å². The molecule has 0 N–H and O–H groups in total. The van der Waals surface area contributed by atoms with Crippen LogP contribution in [0.4, 0.5) is 4.79 Å². The van der Waals surface area contributed by atoms with Crippen LogP contribution in [0.25, 0.3) is 5.57 Å². The molecule has 1 amide bonds. The Hall–Kier alpha value is -2.63. The van der Waals surface area contributed by atoms with E-state index in [0.29, 0.717) is 19.8 Å². The molecule has 2 bridgehead atoms. The first-order valence-electron chi connectivity index (χ1n) is 10.3. The summed E-state index contributed by atoms with van der Waals surface area (Å²) < 4.78 is 16.9. The third-order valence-corrected chi connectivity index (χ3v) is 5.96. The van der Waals surface area contributed by atoms with Crippen LogP contribution in [0.15, 0.2) is 60.7 Å². The predicted molar refractivity (Wildman–Crippen MR) is 109 cm³/mol. The Bertz CT molecular complexity index is 904. The van der Waals surface area contributed by atoms with Gasteiger partial charge >= 0.3 is 6.09 Å². The Balaban J connectivity index is 1.29. The van der Waals surface area contributed by atoms with Gasteiger partial charge in [-0.2, -0.15) is 0 Å². The average molecular weight is 391 g/mol. The van der Waals surface area contributed by atoms with E-state index in [1.807, 2.05) is 41.3 Å². The summed E-state index contributed by atoms with van der Waals surface area (Å²) in [6.45, 7) is 1.60. The van der Waals surface area contributed by atoms with Crippen LogP contribution in [0.2, 0.25) is 0 Å². The van der Waals surface area contributed by atoms with Crippen LogP contribution in [-0.2, 0) is 20.8 Å². The molecule has 3 aliphatic rings. The molecule has 2 aromatic rings. The van der Waals surface area contributed by atoms with Gasteiger partial charge in [-0.1, -0.05) is 54.6 Å². The Morgan fingerprint density at radius 2 is 1.86 bits per heavy atom. The molecule has 0 saturated carbocycles. The molecule has 0 aliphatic carbocycles. The van der Waals surface area contributed by atoms with Gasteiger partial charge in [0.25, 0.3) is 0 Å². The zero-order valence-corrected chi connectivity index (χ0v) is 16.3. The first kappa shape index (κ1) is 18.4. The maximum absolute atomic E-state index is 12.7. The largest absolute Gasteiger partial charge is 0.445 e. The molecule has 3 heterocycles. The number of ether oxygens (including phenoxy) is 3. The SMILES string of the molecule is O=C(OCc1ccccc1)N1C2C=C(c3cccc(C4OCCO4)c3)CC1CC2. The number of fused-ring (bicyclic) bond motifs is 2. The third-order valence-electron chi connectivity index (χ3n) is 5.96. The molecule has 0 aromatic heterocycles. The van der Waals surface area contributed by atoms with Gasteiger partial charge in [-0.15, -0.1) is 0 Å². The molecule has 2 fully saturated rings. The Morgan fingerprint density at radius 3 is 2.66 bits per heavy atom. The summed E-state index contributed by atoms with van der Waals surface area (Å²) in [5, 5.41) is 0. The Kier molecular flexibility index (Phi) is 5.08. The maximum atomic E-state index is 12.7. The van der Waals surface area contributed by atoms with Crippen molar-refractivity contribution in [1.82, 2.24) is 4.90 Å². The van der Waals surface area contributed by atoms with Gasteiger partial charge in [0.2, 0.25) is 0 Å². The number of hydrogen-bond donors (Lipinski definition) is 0. The van der Waals surface area contributed by atoms with E-state index in [4.69, 9.17) is 14.2 Å². The van der Waals surface area contributed by atoms with Gasteiger partial charge in [-0.3, -0.25) is 4.90 Å².